The fourth-order valence-electron chi connectivity index (χ4n) is 1.10. The number of methoxy groups -OCH3 is 1. The number of rotatable bonds is 2. The second-order valence-corrected chi connectivity index (χ2v) is 3.19. The van der Waals surface area contributed by atoms with E-state index in [1.807, 2.05) is 0 Å². The first-order valence-corrected chi connectivity index (χ1v) is 4.11. The zero-order chi connectivity index (χ0) is 10.0. The first-order chi connectivity index (χ1) is 6.06. The van der Waals surface area contributed by atoms with E-state index in [2.05, 4.69) is 0 Å². The second-order valence-electron chi connectivity index (χ2n) is 2.67. The van der Waals surface area contributed by atoms with Crippen LogP contribution in [0, 0.1) is 0 Å². The van der Waals surface area contributed by atoms with E-state index in [0.29, 0.717) is 5.70 Å². The maximum absolute atomic E-state index is 10.7. The molecule has 72 valence electrons. The molecule has 4 nitrogen and oxygen atoms in total. The molecule has 0 aromatic rings. The first-order valence-electron chi connectivity index (χ1n) is 3.67. The van der Waals surface area contributed by atoms with Crippen LogP contribution in [0.3, 0.4) is 0 Å². The van der Waals surface area contributed by atoms with E-state index >= 15 is 0 Å². The number of allylic oxidation sites excluding steroid dienone is 2. The van der Waals surface area contributed by atoms with E-state index in [4.69, 9.17) is 27.2 Å². The van der Waals surface area contributed by atoms with Crippen LogP contribution in [-0.4, -0.2) is 23.6 Å². The van der Waals surface area contributed by atoms with Crippen molar-refractivity contribution in [3.05, 3.63) is 23.1 Å². The highest BCUT2D eigenvalue weighted by atomic mass is 35.5. The third kappa shape index (κ3) is 1.95. The molecule has 0 amide bonds. The molecular weight excluding hydrogens is 194 g/mol. The van der Waals surface area contributed by atoms with Gasteiger partial charge in [-0.1, -0.05) is 0 Å². The molecule has 0 radical (unpaired) electrons. The average Bonchev–Trinajstić information content (AvgIpc) is 2.08. The van der Waals surface area contributed by atoms with Crippen LogP contribution in [-0.2, 0) is 9.53 Å². The molecule has 0 fully saturated rings. The number of carboxylic acid groups (broad SMARTS) is 1. The van der Waals surface area contributed by atoms with Crippen LogP contribution in [0.15, 0.2) is 23.1 Å². The number of carbonyl (C=O) groups is 1. The van der Waals surface area contributed by atoms with Gasteiger partial charge in [-0.2, -0.15) is 0 Å². The predicted molar refractivity (Wildman–Crippen MR) is 48.2 cm³/mol. The van der Waals surface area contributed by atoms with Crippen LogP contribution in [0.5, 0.6) is 0 Å². The number of halogens is 1. The van der Waals surface area contributed by atoms with Crippen LogP contribution in [0.2, 0.25) is 0 Å². The van der Waals surface area contributed by atoms with E-state index in [0.717, 1.165) is 0 Å². The summed E-state index contributed by atoms with van der Waals surface area (Å²) >= 11 is 5.78. The molecule has 0 aliphatic heterocycles. The van der Waals surface area contributed by atoms with Crippen molar-refractivity contribution in [1.29, 1.82) is 0 Å². The van der Waals surface area contributed by atoms with E-state index in [-0.39, 0.29) is 17.8 Å². The maximum atomic E-state index is 10.7. The summed E-state index contributed by atoms with van der Waals surface area (Å²) in [5, 5.41) is 8.32. The largest absolute Gasteiger partial charge is 0.496 e. The number of aliphatic carboxylic acids is 1. The highest BCUT2D eigenvalue weighted by Crippen LogP contribution is 2.26. The Morgan fingerprint density at radius 3 is 2.92 bits per heavy atom. The van der Waals surface area contributed by atoms with Crippen molar-refractivity contribution >= 4 is 17.6 Å². The van der Waals surface area contributed by atoms with Crippen LogP contribution in [0.1, 0.15) is 6.42 Å². The summed E-state index contributed by atoms with van der Waals surface area (Å²) in [7, 11) is 1.40. The molecule has 0 aromatic heterocycles. The minimum atomic E-state index is -1.02. The number of ether oxygens (including phenoxy) is 1. The van der Waals surface area contributed by atoms with Crippen molar-refractivity contribution in [1.82, 2.24) is 0 Å². The van der Waals surface area contributed by atoms with Crippen molar-refractivity contribution in [2.24, 2.45) is 5.73 Å². The molecule has 1 unspecified atom stereocenters. The number of hydrogen-bond acceptors (Lipinski definition) is 3. The van der Waals surface area contributed by atoms with Crippen molar-refractivity contribution in [2.45, 2.75) is 11.8 Å². The molecule has 0 heterocycles. The normalized spacial score (nSPS) is 22.6. The molecule has 13 heavy (non-hydrogen) atoms. The van der Waals surface area contributed by atoms with Gasteiger partial charge in [-0.3, -0.25) is 0 Å². The molecule has 1 aliphatic rings. The molecule has 0 saturated heterocycles. The summed E-state index contributed by atoms with van der Waals surface area (Å²) in [5.74, 6) is -0.742. The quantitative estimate of drug-likeness (QED) is 0.652. The minimum absolute atomic E-state index is 0.164. The summed E-state index contributed by atoms with van der Waals surface area (Å²) in [6, 6.07) is 0. The highest BCUT2D eigenvalue weighted by Gasteiger charge is 2.24. The van der Waals surface area contributed by atoms with Gasteiger partial charge < -0.3 is 15.6 Å². The van der Waals surface area contributed by atoms with Gasteiger partial charge in [-0.05, 0) is 0 Å². The maximum Gasteiger partial charge on any atom is 0.335 e. The summed E-state index contributed by atoms with van der Waals surface area (Å²) in [4.78, 5) is 10.7. The van der Waals surface area contributed by atoms with E-state index < -0.39 is 11.3 Å². The predicted octanol–water partition coefficient (Wildman–Crippen LogP) is 0.825. The minimum Gasteiger partial charge on any atom is -0.496 e. The Balaban J connectivity index is 3.05. The lowest BCUT2D eigenvalue weighted by atomic mass is 10.0. The monoisotopic (exact) mass is 203 g/mol. The molecule has 0 aromatic carbocycles. The van der Waals surface area contributed by atoms with Gasteiger partial charge in [0.05, 0.1) is 18.1 Å². The summed E-state index contributed by atoms with van der Waals surface area (Å²) in [6.07, 6.45) is 1.65. The van der Waals surface area contributed by atoms with Gasteiger partial charge in [0.15, 0.2) is 0 Å². The molecule has 0 spiro atoms. The highest BCUT2D eigenvalue weighted by molar-refractivity contribution is 6.23. The molecule has 0 bridgehead atoms. The molecule has 1 aliphatic carbocycles. The van der Waals surface area contributed by atoms with Crippen molar-refractivity contribution in [3.63, 3.8) is 0 Å². The molecule has 5 heteroatoms. The van der Waals surface area contributed by atoms with Crippen LogP contribution >= 0.6 is 11.6 Å². The van der Waals surface area contributed by atoms with Gasteiger partial charge in [0.2, 0.25) is 0 Å². The third-order valence-corrected chi connectivity index (χ3v) is 2.22. The fourth-order valence-corrected chi connectivity index (χ4v) is 1.32. The Morgan fingerprint density at radius 1 is 1.85 bits per heavy atom. The van der Waals surface area contributed by atoms with Gasteiger partial charge in [0.1, 0.15) is 5.76 Å². The zero-order valence-corrected chi connectivity index (χ0v) is 7.84. The lowest BCUT2D eigenvalue weighted by molar-refractivity contribution is -0.133. The molecule has 1 atom stereocenters. The summed E-state index contributed by atoms with van der Waals surface area (Å²) in [6.45, 7) is 0. The van der Waals surface area contributed by atoms with Gasteiger partial charge in [-0.25, -0.2) is 4.79 Å². The van der Waals surface area contributed by atoms with E-state index in [1.165, 1.54) is 13.2 Å². The standard InChI is InChI=1S/C8H10ClNO3/c1-13-7-3-6(10)5(9)2-4(7)8(11)12/h3,5H,2,10H2,1H3,(H,11,12). The SMILES string of the molecule is COC1=C(C(=O)O)CC(Cl)C(N)=C1. The molecule has 1 rings (SSSR count). The molecule has 0 saturated carbocycles. The Hall–Kier alpha value is -1.16. The number of hydrogen-bond donors (Lipinski definition) is 2. The number of alkyl halides is 1. The second kappa shape index (κ2) is 3.70. The lowest BCUT2D eigenvalue weighted by Gasteiger charge is -2.18. The first kappa shape index (κ1) is 9.92. The van der Waals surface area contributed by atoms with Crippen molar-refractivity contribution < 1.29 is 14.6 Å². The summed E-state index contributed by atoms with van der Waals surface area (Å²) in [5.41, 5.74) is 6.13. The Bertz CT molecular complexity index is 296. The smallest absolute Gasteiger partial charge is 0.335 e. The molecular formula is C8H10ClNO3. The number of nitrogens with two attached hydrogens (primary N) is 1. The molecule has 3 N–H and O–H groups in total. The van der Waals surface area contributed by atoms with Crippen LogP contribution < -0.4 is 5.73 Å². The van der Waals surface area contributed by atoms with Crippen LogP contribution in [0.4, 0.5) is 0 Å². The van der Waals surface area contributed by atoms with Crippen LogP contribution in [0.25, 0.3) is 0 Å². The Labute approximate surface area is 80.6 Å². The Kier molecular flexibility index (Phi) is 2.83. The average molecular weight is 204 g/mol. The lowest BCUT2D eigenvalue weighted by Crippen LogP contribution is -2.21. The van der Waals surface area contributed by atoms with Gasteiger partial charge in [0, 0.05) is 18.2 Å². The summed E-state index contributed by atoms with van der Waals surface area (Å²) < 4.78 is 4.87. The fraction of sp³-hybridized carbons (Fsp3) is 0.375. The van der Waals surface area contributed by atoms with Gasteiger partial charge >= 0.3 is 5.97 Å². The van der Waals surface area contributed by atoms with Crippen molar-refractivity contribution in [3.8, 4) is 0 Å². The van der Waals surface area contributed by atoms with E-state index in [9.17, 15) is 4.79 Å². The zero-order valence-electron chi connectivity index (χ0n) is 7.08. The van der Waals surface area contributed by atoms with Crippen molar-refractivity contribution in [2.75, 3.05) is 7.11 Å². The van der Waals surface area contributed by atoms with Gasteiger partial charge in [0.25, 0.3) is 0 Å². The van der Waals surface area contributed by atoms with Gasteiger partial charge in [-0.15, -0.1) is 11.6 Å². The van der Waals surface area contributed by atoms with E-state index in [1.54, 1.807) is 0 Å². The third-order valence-electron chi connectivity index (χ3n) is 1.82. The topological polar surface area (TPSA) is 72.5 Å². The number of carboxylic acids is 1. The Morgan fingerprint density at radius 2 is 2.46 bits per heavy atom.